The van der Waals surface area contributed by atoms with E-state index in [4.69, 9.17) is 9.52 Å². The lowest BCUT2D eigenvalue weighted by molar-refractivity contribution is -0.147. The van der Waals surface area contributed by atoms with Gasteiger partial charge in [-0.25, -0.2) is 4.98 Å². The molecule has 2 N–H and O–H groups in total. The average Bonchev–Trinajstić information content (AvgIpc) is 3.01. The first-order chi connectivity index (χ1) is 10.4. The highest BCUT2D eigenvalue weighted by molar-refractivity contribution is 5.94. The van der Waals surface area contributed by atoms with Crippen molar-refractivity contribution in [3.8, 4) is 11.3 Å². The third-order valence-electron chi connectivity index (χ3n) is 3.48. The molecular formula is C16H18N2O4. The van der Waals surface area contributed by atoms with Gasteiger partial charge in [0.2, 0.25) is 0 Å². The topological polar surface area (TPSA) is 92.4 Å². The van der Waals surface area contributed by atoms with E-state index in [1.54, 1.807) is 44.3 Å². The van der Waals surface area contributed by atoms with Crippen molar-refractivity contribution in [2.45, 2.75) is 20.3 Å². The number of carboxylic acid groups (broad SMARTS) is 1. The van der Waals surface area contributed by atoms with Crippen LogP contribution in [0.4, 0.5) is 0 Å². The second kappa shape index (κ2) is 6.43. The molecule has 0 saturated carbocycles. The number of rotatable bonds is 6. The van der Waals surface area contributed by atoms with Gasteiger partial charge < -0.3 is 14.8 Å². The molecular weight excluding hydrogens is 284 g/mol. The van der Waals surface area contributed by atoms with E-state index < -0.39 is 11.4 Å². The molecule has 1 heterocycles. The van der Waals surface area contributed by atoms with Gasteiger partial charge in [-0.2, -0.15) is 0 Å². The first-order valence-electron chi connectivity index (χ1n) is 6.91. The second-order valence-electron chi connectivity index (χ2n) is 5.64. The third kappa shape index (κ3) is 3.72. The quantitative estimate of drug-likeness (QED) is 0.855. The van der Waals surface area contributed by atoms with E-state index in [9.17, 15) is 9.59 Å². The molecule has 0 aliphatic rings. The maximum atomic E-state index is 12.0. The fourth-order valence-electron chi connectivity index (χ4n) is 1.84. The minimum absolute atomic E-state index is 0.231. The minimum atomic E-state index is -0.877. The normalized spacial score (nSPS) is 11.2. The molecule has 0 aliphatic carbocycles. The summed E-state index contributed by atoms with van der Waals surface area (Å²) < 4.78 is 5.18. The summed E-state index contributed by atoms with van der Waals surface area (Å²) >= 11 is 0. The SMILES string of the molecule is CC(C)(CCNC(=O)c1ccc(-c2cnco2)cc1)C(=O)O. The van der Waals surface area contributed by atoms with Crippen molar-refractivity contribution < 1.29 is 19.1 Å². The molecule has 0 radical (unpaired) electrons. The molecule has 2 aromatic rings. The van der Waals surface area contributed by atoms with E-state index in [1.807, 2.05) is 0 Å². The number of carboxylic acids is 1. The molecule has 1 aromatic carbocycles. The fourth-order valence-corrected chi connectivity index (χ4v) is 1.84. The van der Waals surface area contributed by atoms with E-state index in [2.05, 4.69) is 10.3 Å². The Balaban J connectivity index is 1.92. The van der Waals surface area contributed by atoms with Gasteiger partial charge in [-0.1, -0.05) is 12.1 Å². The number of hydrogen-bond acceptors (Lipinski definition) is 4. The van der Waals surface area contributed by atoms with Crippen molar-refractivity contribution in [3.05, 3.63) is 42.4 Å². The summed E-state index contributed by atoms with van der Waals surface area (Å²) in [5, 5.41) is 11.7. The fraction of sp³-hybridized carbons (Fsp3) is 0.312. The van der Waals surface area contributed by atoms with Gasteiger partial charge in [0.1, 0.15) is 0 Å². The number of aromatic nitrogens is 1. The Morgan fingerprint density at radius 1 is 1.27 bits per heavy atom. The van der Waals surface area contributed by atoms with Crippen LogP contribution < -0.4 is 5.32 Å². The summed E-state index contributed by atoms with van der Waals surface area (Å²) in [6.45, 7) is 3.57. The first kappa shape index (κ1) is 15.8. The molecule has 0 spiro atoms. The standard InChI is InChI=1S/C16H18N2O4/c1-16(2,15(20)21)7-8-18-14(19)12-5-3-11(4-6-12)13-9-17-10-22-13/h3-6,9-10H,7-8H2,1-2H3,(H,18,19)(H,20,21). The van der Waals surface area contributed by atoms with Crippen molar-refractivity contribution in [3.63, 3.8) is 0 Å². The predicted octanol–water partition coefficient (Wildman–Crippen LogP) is 2.57. The van der Waals surface area contributed by atoms with Crippen molar-refractivity contribution in [1.82, 2.24) is 10.3 Å². The van der Waals surface area contributed by atoms with E-state index >= 15 is 0 Å². The Bertz CT molecular complexity index is 645. The Morgan fingerprint density at radius 3 is 2.50 bits per heavy atom. The van der Waals surface area contributed by atoms with Gasteiger partial charge in [0, 0.05) is 17.7 Å². The van der Waals surface area contributed by atoms with Gasteiger partial charge in [0.15, 0.2) is 12.2 Å². The number of amides is 1. The highest BCUT2D eigenvalue weighted by Gasteiger charge is 2.26. The van der Waals surface area contributed by atoms with Crippen LogP contribution in [0.3, 0.4) is 0 Å². The van der Waals surface area contributed by atoms with Gasteiger partial charge in [-0.15, -0.1) is 0 Å². The largest absolute Gasteiger partial charge is 0.481 e. The number of benzene rings is 1. The Labute approximate surface area is 128 Å². The summed E-state index contributed by atoms with van der Waals surface area (Å²) in [7, 11) is 0. The zero-order chi connectivity index (χ0) is 16.2. The minimum Gasteiger partial charge on any atom is -0.481 e. The van der Waals surface area contributed by atoms with E-state index in [1.165, 1.54) is 6.39 Å². The van der Waals surface area contributed by atoms with E-state index in [-0.39, 0.29) is 5.91 Å². The van der Waals surface area contributed by atoms with Crippen molar-refractivity contribution in [2.75, 3.05) is 6.54 Å². The summed E-state index contributed by atoms with van der Waals surface area (Å²) in [6, 6.07) is 6.93. The van der Waals surface area contributed by atoms with Gasteiger partial charge in [0.05, 0.1) is 11.6 Å². The molecule has 1 aromatic heterocycles. The summed E-state index contributed by atoms with van der Waals surface area (Å²) in [4.78, 5) is 26.8. The third-order valence-corrected chi connectivity index (χ3v) is 3.48. The molecule has 116 valence electrons. The van der Waals surface area contributed by atoms with Gasteiger partial charge >= 0.3 is 5.97 Å². The number of nitrogens with one attached hydrogen (secondary N) is 1. The predicted molar refractivity (Wildman–Crippen MR) is 80.3 cm³/mol. The Kier molecular flexibility index (Phi) is 4.60. The Hall–Kier alpha value is -2.63. The smallest absolute Gasteiger partial charge is 0.309 e. The monoisotopic (exact) mass is 302 g/mol. The molecule has 6 nitrogen and oxygen atoms in total. The molecule has 0 bridgehead atoms. The molecule has 6 heteroatoms. The maximum absolute atomic E-state index is 12.0. The lowest BCUT2D eigenvalue weighted by atomic mass is 9.90. The van der Waals surface area contributed by atoms with Crippen LogP contribution in [0.15, 0.2) is 41.3 Å². The van der Waals surface area contributed by atoms with E-state index in [0.717, 1.165) is 5.56 Å². The van der Waals surface area contributed by atoms with Crippen LogP contribution in [0.5, 0.6) is 0 Å². The molecule has 0 fully saturated rings. The number of oxazole rings is 1. The lowest BCUT2D eigenvalue weighted by Crippen LogP contribution is -2.31. The van der Waals surface area contributed by atoms with Crippen LogP contribution in [0.25, 0.3) is 11.3 Å². The van der Waals surface area contributed by atoms with Gasteiger partial charge in [0.25, 0.3) is 5.91 Å². The van der Waals surface area contributed by atoms with Crippen LogP contribution in [-0.2, 0) is 4.79 Å². The zero-order valence-corrected chi connectivity index (χ0v) is 12.5. The van der Waals surface area contributed by atoms with E-state index in [0.29, 0.717) is 24.3 Å². The second-order valence-corrected chi connectivity index (χ2v) is 5.64. The maximum Gasteiger partial charge on any atom is 0.309 e. The van der Waals surface area contributed by atoms with Crippen molar-refractivity contribution in [1.29, 1.82) is 0 Å². The first-order valence-corrected chi connectivity index (χ1v) is 6.91. The van der Waals surface area contributed by atoms with Crippen molar-refractivity contribution in [2.24, 2.45) is 5.41 Å². The molecule has 0 aliphatic heterocycles. The number of carbonyl (C=O) groups excluding carboxylic acids is 1. The molecule has 0 atom stereocenters. The number of aliphatic carboxylic acids is 1. The molecule has 1 amide bonds. The van der Waals surface area contributed by atoms with Crippen LogP contribution in [0.1, 0.15) is 30.6 Å². The summed E-state index contributed by atoms with van der Waals surface area (Å²) in [5.74, 6) is -0.473. The zero-order valence-electron chi connectivity index (χ0n) is 12.5. The molecule has 2 rings (SSSR count). The summed E-state index contributed by atoms with van der Waals surface area (Å²) in [5.41, 5.74) is 0.487. The molecule has 0 saturated heterocycles. The summed E-state index contributed by atoms with van der Waals surface area (Å²) in [6.07, 6.45) is 3.31. The number of carbonyl (C=O) groups is 2. The Morgan fingerprint density at radius 2 is 1.95 bits per heavy atom. The van der Waals surface area contributed by atoms with Crippen LogP contribution in [-0.4, -0.2) is 28.5 Å². The van der Waals surface area contributed by atoms with Gasteiger partial charge in [-0.05, 0) is 32.4 Å². The molecule has 0 unspecified atom stereocenters. The number of hydrogen-bond donors (Lipinski definition) is 2. The van der Waals surface area contributed by atoms with Crippen LogP contribution >= 0.6 is 0 Å². The molecule has 22 heavy (non-hydrogen) atoms. The van der Waals surface area contributed by atoms with Gasteiger partial charge in [-0.3, -0.25) is 9.59 Å². The number of nitrogens with zero attached hydrogens (tertiary/aromatic N) is 1. The van der Waals surface area contributed by atoms with Crippen LogP contribution in [0, 0.1) is 5.41 Å². The highest BCUT2D eigenvalue weighted by atomic mass is 16.4. The highest BCUT2D eigenvalue weighted by Crippen LogP contribution is 2.20. The lowest BCUT2D eigenvalue weighted by Gasteiger charge is -2.18. The van der Waals surface area contributed by atoms with Crippen LogP contribution in [0.2, 0.25) is 0 Å². The average molecular weight is 302 g/mol. The van der Waals surface area contributed by atoms with Crippen molar-refractivity contribution >= 4 is 11.9 Å².